The van der Waals surface area contributed by atoms with Crippen LogP contribution < -0.4 is 27.4 Å². The van der Waals surface area contributed by atoms with E-state index in [1.165, 1.54) is 0 Å². The summed E-state index contributed by atoms with van der Waals surface area (Å²) in [6.45, 7) is 0.373. The fourth-order valence-electron chi connectivity index (χ4n) is 4.80. The molecule has 3 rings (SSSR count). The summed E-state index contributed by atoms with van der Waals surface area (Å²) in [5, 5.41) is 27.4. The molecule has 4 atom stereocenters. The minimum absolute atomic E-state index is 0.0101. The lowest BCUT2D eigenvalue weighted by Crippen LogP contribution is -2.57. The molecular formula is C31H40N6O7. The molecule has 0 aliphatic carbocycles. The van der Waals surface area contributed by atoms with Crippen LogP contribution >= 0.6 is 0 Å². The van der Waals surface area contributed by atoms with E-state index in [9.17, 15) is 34.2 Å². The van der Waals surface area contributed by atoms with Crippen molar-refractivity contribution < 1.29 is 34.2 Å². The number of amides is 3. The zero-order chi connectivity index (χ0) is 32.1. The van der Waals surface area contributed by atoms with Crippen molar-refractivity contribution in [2.24, 2.45) is 11.5 Å². The van der Waals surface area contributed by atoms with Gasteiger partial charge in [0.1, 0.15) is 18.1 Å². The summed E-state index contributed by atoms with van der Waals surface area (Å²) in [6, 6.07) is 11.6. The number of aromatic amines is 1. The molecule has 2 aromatic carbocycles. The average molecular weight is 609 g/mol. The number of carboxylic acids is 2. The summed E-state index contributed by atoms with van der Waals surface area (Å²) >= 11 is 0. The van der Waals surface area contributed by atoms with Gasteiger partial charge in [0.05, 0.1) is 6.04 Å². The van der Waals surface area contributed by atoms with E-state index in [4.69, 9.17) is 11.5 Å². The molecule has 0 saturated heterocycles. The number of unbranched alkanes of at least 4 members (excludes halogenated alkanes) is 1. The Morgan fingerprint density at radius 3 is 2.07 bits per heavy atom. The standard InChI is InChI=1S/C31H40N6O7/c32-15-7-6-12-25(31(43)44)36-30(42)26(17-20-18-34-23-11-5-4-10-21(20)23)37-29(41)24(13-14-27(38)39)35-28(40)22(33)16-19-8-2-1-3-9-19/h1-5,8-11,18,22,24-26,34H,6-7,12-17,32-33H2,(H,35,40)(H,36,42)(H,37,41)(H,38,39)(H,43,44). The number of nitrogens with one attached hydrogen (secondary N) is 4. The Balaban J connectivity index is 1.82. The normalized spacial score (nSPS) is 13.8. The minimum Gasteiger partial charge on any atom is -0.481 e. The van der Waals surface area contributed by atoms with E-state index in [1.54, 1.807) is 30.5 Å². The molecule has 0 bridgehead atoms. The molecule has 3 amide bonds. The molecule has 0 saturated carbocycles. The second-order valence-corrected chi connectivity index (χ2v) is 10.6. The van der Waals surface area contributed by atoms with E-state index in [1.807, 2.05) is 30.3 Å². The summed E-state index contributed by atoms with van der Waals surface area (Å²) in [5.74, 6) is -4.62. The monoisotopic (exact) mass is 608 g/mol. The van der Waals surface area contributed by atoms with Crippen molar-refractivity contribution in [2.45, 2.75) is 69.1 Å². The van der Waals surface area contributed by atoms with Gasteiger partial charge in [-0.2, -0.15) is 0 Å². The minimum atomic E-state index is -1.32. The highest BCUT2D eigenvalue weighted by molar-refractivity contribution is 5.95. The van der Waals surface area contributed by atoms with Crippen LogP contribution in [0.15, 0.2) is 60.8 Å². The summed E-state index contributed by atoms with van der Waals surface area (Å²) in [4.78, 5) is 66.3. The largest absolute Gasteiger partial charge is 0.481 e. The van der Waals surface area contributed by atoms with Crippen molar-refractivity contribution in [3.8, 4) is 0 Å². The Bertz CT molecular complexity index is 1430. The Kier molecular flexibility index (Phi) is 12.9. The summed E-state index contributed by atoms with van der Waals surface area (Å²) in [7, 11) is 0. The first-order chi connectivity index (χ1) is 21.1. The number of carbonyl (C=O) groups excluding carboxylic acids is 3. The van der Waals surface area contributed by atoms with Crippen molar-refractivity contribution in [1.82, 2.24) is 20.9 Å². The predicted octanol–water partition coefficient (Wildman–Crippen LogP) is 0.813. The highest BCUT2D eigenvalue weighted by atomic mass is 16.4. The molecule has 0 spiro atoms. The van der Waals surface area contributed by atoms with E-state index < -0.39 is 60.2 Å². The van der Waals surface area contributed by atoms with E-state index in [-0.39, 0.29) is 25.7 Å². The first-order valence-electron chi connectivity index (χ1n) is 14.5. The second-order valence-electron chi connectivity index (χ2n) is 10.6. The fraction of sp³-hybridized carbons (Fsp3) is 0.387. The van der Waals surface area contributed by atoms with Gasteiger partial charge in [0, 0.05) is 29.9 Å². The third kappa shape index (κ3) is 10.2. The number of H-pyrrole nitrogens is 1. The van der Waals surface area contributed by atoms with E-state index in [2.05, 4.69) is 20.9 Å². The number of nitrogens with two attached hydrogens (primary N) is 2. The Morgan fingerprint density at radius 1 is 0.750 bits per heavy atom. The smallest absolute Gasteiger partial charge is 0.326 e. The van der Waals surface area contributed by atoms with Crippen LogP contribution in [0.1, 0.15) is 43.2 Å². The van der Waals surface area contributed by atoms with Crippen LogP contribution in [0.2, 0.25) is 0 Å². The van der Waals surface area contributed by atoms with Crippen molar-refractivity contribution in [3.63, 3.8) is 0 Å². The molecule has 13 heteroatoms. The lowest BCUT2D eigenvalue weighted by molar-refractivity contribution is -0.142. The molecule has 0 aliphatic heterocycles. The van der Waals surface area contributed by atoms with E-state index in [0.29, 0.717) is 24.9 Å². The summed E-state index contributed by atoms with van der Waals surface area (Å²) in [5.41, 5.74) is 13.9. The van der Waals surface area contributed by atoms with Gasteiger partial charge in [-0.25, -0.2) is 4.79 Å². The molecule has 236 valence electrons. The summed E-state index contributed by atoms with van der Waals surface area (Å²) in [6.07, 6.45) is 2.36. The molecule has 13 nitrogen and oxygen atoms in total. The average Bonchev–Trinajstić information content (AvgIpc) is 3.41. The van der Waals surface area contributed by atoms with Gasteiger partial charge in [-0.1, -0.05) is 48.5 Å². The molecule has 1 heterocycles. The Morgan fingerprint density at radius 2 is 1.39 bits per heavy atom. The van der Waals surface area contributed by atoms with Gasteiger partial charge in [-0.15, -0.1) is 0 Å². The molecule has 4 unspecified atom stereocenters. The first-order valence-corrected chi connectivity index (χ1v) is 14.5. The molecule has 0 radical (unpaired) electrons. The molecule has 10 N–H and O–H groups in total. The lowest BCUT2D eigenvalue weighted by atomic mass is 10.0. The highest BCUT2D eigenvalue weighted by Gasteiger charge is 2.31. The van der Waals surface area contributed by atoms with Crippen LogP contribution in [0.3, 0.4) is 0 Å². The highest BCUT2D eigenvalue weighted by Crippen LogP contribution is 2.19. The van der Waals surface area contributed by atoms with Crippen LogP contribution in [0, 0.1) is 0 Å². The maximum absolute atomic E-state index is 13.5. The van der Waals surface area contributed by atoms with E-state index in [0.717, 1.165) is 16.5 Å². The number of benzene rings is 2. The third-order valence-corrected chi connectivity index (χ3v) is 7.21. The third-order valence-electron chi connectivity index (χ3n) is 7.21. The number of para-hydroxylation sites is 1. The maximum Gasteiger partial charge on any atom is 0.326 e. The van der Waals surface area contributed by atoms with Gasteiger partial charge in [0.25, 0.3) is 0 Å². The molecule has 44 heavy (non-hydrogen) atoms. The van der Waals surface area contributed by atoms with Crippen molar-refractivity contribution >= 4 is 40.6 Å². The van der Waals surface area contributed by atoms with Crippen molar-refractivity contribution in [2.75, 3.05) is 6.54 Å². The number of aliphatic carboxylic acids is 2. The second kappa shape index (κ2) is 16.8. The van der Waals surface area contributed by atoms with Gasteiger partial charge >= 0.3 is 11.9 Å². The SMILES string of the molecule is NCCCCC(NC(=O)C(Cc1c[nH]c2ccccc12)NC(=O)C(CCC(=O)O)NC(=O)C(N)Cc1ccccc1)C(=O)O. The Hall–Kier alpha value is -4.75. The topological polar surface area (TPSA) is 230 Å². The predicted molar refractivity (Wildman–Crippen MR) is 163 cm³/mol. The fourth-order valence-corrected chi connectivity index (χ4v) is 4.80. The maximum atomic E-state index is 13.5. The van der Waals surface area contributed by atoms with Gasteiger partial charge < -0.3 is 42.6 Å². The van der Waals surface area contributed by atoms with Gasteiger partial charge in [0.15, 0.2) is 0 Å². The van der Waals surface area contributed by atoms with Crippen LogP contribution in [0.25, 0.3) is 10.9 Å². The number of carbonyl (C=O) groups is 5. The van der Waals surface area contributed by atoms with Gasteiger partial charge in [-0.05, 0) is 55.8 Å². The number of aromatic nitrogens is 1. The zero-order valence-electron chi connectivity index (χ0n) is 24.3. The number of fused-ring (bicyclic) bond motifs is 1. The van der Waals surface area contributed by atoms with E-state index >= 15 is 0 Å². The van der Waals surface area contributed by atoms with Crippen molar-refractivity contribution in [3.05, 3.63) is 71.9 Å². The van der Waals surface area contributed by atoms with Crippen LogP contribution in [0.4, 0.5) is 0 Å². The van der Waals surface area contributed by atoms with Crippen LogP contribution in [-0.4, -0.2) is 75.6 Å². The number of hydrogen-bond donors (Lipinski definition) is 8. The lowest BCUT2D eigenvalue weighted by Gasteiger charge is -2.25. The molecule has 1 aromatic heterocycles. The number of rotatable bonds is 18. The number of hydrogen-bond acceptors (Lipinski definition) is 7. The summed E-state index contributed by atoms with van der Waals surface area (Å²) < 4.78 is 0. The number of carboxylic acid groups (broad SMARTS) is 2. The molecule has 0 aliphatic rings. The first kappa shape index (κ1) is 33.7. The van der Waals surface area contributed by atoms with Crippen LogP contribution in [0.5, 0.6) is 0 Å². The van der Waals surface area contributed by atoms with Crippen molar-refractivity contribution in [1.29, 1.82) is 0 Å². The zero-order valence-corrected chi connectivity index (χ0v) is 24.3. The molecule has 3 aromatic rings. The quantitative estimate of drug-likeness (QED) is 0.0954. The van der Waals surface area contributed by atoms with Crippen LogP contribution in [-0.2, 0) is 36.8 Å². The van der Waals surface area contributed by atoms with Gasteiger partial charge in [-0.3, -0.25) is 19.2 Å². The molecular weight excluding hydrogens is 568 g/mol. The van der Waals surface area contributed by atoms with Gasteiger partial charge in [0.2, 0.25) is 17.7 Å². The molecule has 0 fully saturated rings. The Labute approximate surface area is 254 Å².